The summed E-state index contributed by atoms with van der Waals surface area (Å²) in [5, 5.41) is 0.469. The van der Waals surface area contributed by atoms with Crippen LogP contribution in [0.25, 0.3) is 22.3 Å². The molecule has 5 heteroatoms. The van der Waals surface area contributed by atoms with E-state index in [-0.39, 0.29) is 17.8 Å². The molecule has 0 aliphatic rings. The van der Waals surface area contributed by atoms with Gasteiger partial charge in [0.1, 0.15) is 12.2 Å². The van der Waals surface area contributed by atoms with Gasteiger partial charge in [-0.3, -0.25) is 4.79 Å². The van der Waals surface area contributed by atoms with Crippen LogP contribution in [0.1, 0.15) is 5.56 Å². The minimum absolute atomic E-state index is 0.164. The van der Waals surface area contributed by atoms with Crippen molar-refractivity contribution in [2.24, 2.45) is 0 Å². The van der Waals surface area contributed by atoms with Gasteiger partial charge in [-0.25, -0.2) is 0 Å². The lowest BCUT2D eigenvalue weighted by atomic mass is 10.1. The molecule has 1 heterocycles. The van der Waals surface area contributed by atoms with Crippen LogP contribution in [-0.2, 0) is 9.47 Å². The van der Waals surface area contributed by atoms with Gasteiger partial charge in [-0.15, -0.1) is 6.42 Å². The zero-order valence-corrected chi connectivity index (χ0v) is 15.1. The lowest BCUT2D eigenvalue weighted by Gasteiger charge is -2.12. The topological polar surface area (TPSA) is 57.9 Å². The summed E-state index contributed by atoms with van der Waals surface area (Å²) < 4.78 is 22.1. The van der Waals surface area contributed by atoms with Gasteiger partial charge >= 0.3 is 0 Å². The maximum absolute atomic E-state index is 12.9. The molecule has 0 amide bonds. The summed E-state index contributed by atoms with van der Waals surface area (Å²) in [4.78, 5) is 12.9. The summed E-state index contributed by atoms with van der Waals surface area (Å²) in [6.45, 7) is 1.53. The number of rotatable bonds is 8. The molecule has 0 spiro atoms. The molecule has 0 N–H and O–H groups in total. The van der Waals surface area contributed by atoms with Crippen molar-refractivity contribution in [3.63, 3.8) is 0 Å². The number of methoxy groups -OCH3 is 1. The van der Waals surface area contributed by atoms with Crippen molar-refractivity contribution in [3.8, 4) is 29.4 Å². The second-order valence-corrected chi connectivity index (χ2v) is 5.76. The fourth-order valence-corrected chi connectivity index (χ4v) is 2.61. The average Bonchev–Trinajstić information content (AvgIpc) is 2.72. The number of benzene rings is 2. The first-order valence-electron chi connectivity index (χ1n) is 8.57. The van der Waals surface area contributed by atoms with Crippen LogP contribution >= 0.6 is 0 Å². The van der Waals surface area contributed by atoms with Gasteiger partial charge in [0.25, 0.3) is 0 Å². The minimum Gasteiger partial charge on any atom is -0.484 e. The molecule has 5 nitrogen and oxygen atoms in total. The van der Waals surface area contributed by atoms with E-state index in [1.807, 2.05) is 18.2 Å². The highest BCUT2D eigenvalue weighted by Crippen LogP contribution is 2.31. The number of ether oxygens (including phenoxy) is 3. The lowest BCUT2D eigenvalue weighted by Crippen LogP contribution is -2.15. The first kappa shape index (κ1) is 18.7. The number of para-hydroxylation sites is 1. The van der Waals surface area contributed by atoms with Gasteiger partial charge in [0.2, 0.25) is 11.2 Å². The van der Waals surface area contributed by atoms with Crippen molar-refractivity contribution in [2.75, 3.05) is 33.5 Å². The van der Waals surface area contributed by atoms with Crippen molar-refractivity contribution in [1.82, 2.24) is 0 Å². The van der Waals surface area contributed by atoms with E-state index in [0.29, 0.717) is 42.1 Å². The maximum Gasteiger partial charge on any atom is 0.235 e. The number of hydrogen-bond donors (Lipinski definition) is 0. The third kappa shape index (κ3) is 4.37. The van der Waals surface area contributed by atoms with E-state index in [0.717, 1.165) is 5.56 Å². The van der Waals surface area contributed by atoms with Crippen LogP contribution in [0, 0.1) is 12.3 Å². The number of terminal acetylenes is 1. The smallest absolute Gasteiger partial charge is 0.235 e. The van der Waals surface area contributed by atoms with Gasteiger partial charge in [0.05, 0.1) is 25.2 Å². The van der Waals surface area contributed by atoms with Crippen LogP contribution in [0.4, 0.5) is 0 Å². The fourth-order valence-electron chi connectivity index (χ4n) is 2.61. The Morgan fingerprint density at radius 3 is 2.48 bits per heavy atom. The minimum atomic E-state index is -0.218. The third-order valence-electron chi connectivity index (χ3n) is 3.98. The van der Waals surface area contributed by atoms with Gasteiger partial charge in [0, 0.05) is 18.2 Å². The van der Waals surface area contributed by atoms with Crippen molar-refractivity contribution in [2.45, 2.75) is 0 Å². The van der Waals surface area contributed by atoms with Gasteiger partial charge in [-0.05, 0) is 36.4 Å². The summed E-state index contributed by atoms with van der Waals surface area (Å²) in [7, 11) is 1.61. The molecule has 3 aromatic rings. The number of hydrogen-bond acceptors (Lipinski definition) is 5. The molecule has 0 saturated heterocycles. The SMILES string of the molecule is C#Cc1ccc(-c2oc3ccccc3c(=O)c2OCCOCCOC)cc1. The Kier molecular flexibility index (Phi) is 6.26. The molecule has 138 valence electrons. The standard InChI is InChI=1S/C22H20O5/c1-3-16-8-10-17(11-9-16)21-22(26-15-14-25-13-12-24-2)20(23)18-6-4-5-7-19(18)27-21/h1,4-11H,12-15H2,2H3. The average molecular weight is 364 g/mol. The van der Waals surface area contributed by atoms with Gasteiger partial charge in [-0.1, -0.05) is 18.1 Å². The maximum atomic E-state index is 12.9. The summed E-state index contributed by atoms with van der Waals surface area (Å²) in [6.07, 6.45) is 5.41. The Bertz CT molecular complexity index is 996. The van der Waals surface area contributed by atoms with Gasteiger partial charge < -0.3 is 18.6 Å². The van der Waals surface area contributed by atoms with Crippen molar-refractivity contribution in [1.29, 1.82) is 0 Å². The molecule has 0 saturated carbocycles. The first-order valence-corrected chi connectivity index (χ1v) is 8.57. The normalized spacial score (nSPS) is 10.7. The number of fused-ring (bicyclic) bond motifs is 1. The Morgan fingerprint density at radius 2 is 1.74 bits per heavy atom. The van der Waals surface area contributed by atoms with E-state index in [9.17, 15) is 4.79 Å². The predicted octanol–water partition coefficient (Wildman–Crippen LogP) is 3.48. The van der Waals surface area contributed by atoms with E-state index in [1.54, 1.807) is 37.4 Å². The Balaban J connectivity index is 1.94. The zero-order chi connectivity index (χ0) is 19.1. The van der Waals surface area contributed by atoms with E-state index in [2.05, 4.69) is 5.92 Å². The summed E-state index contributed by atoms with van der Waals surface area (Å²) >= 11 is 0. The van der Waals surface area contributed by atoms with Crippen LogP contribution in [0.3, 0.4) is 0 Å². The quantitative estimate of drug-likeness (QED) is 0.452. The highest BCUT2D eigenvalue weighted by Gasteiger charge is 2.17. The van der Waals surface area contributed by atoms with E-state index in [4.69, 9.17) is 25.1 Å². The summed E-state index contributed by atoms with van der Waals surface area (Å²) in [5.74, 6) is 3.11. The largest absolute Gasteiger partial charge is 0.484 e. The molecule has 1 aromatic heterocycles. The summed E-state index contributed by atoms with van der Waals surface area (Å²) in [6, 6.07) is 14.3. The molecule has 3 rings (SSSR count). The Hall–Kier alpha value is -3.07. The molecule has 2 aromatic carbocycles. The molecular formula is C22H20O5. The molecule has 0 bridgehead atoms. The van der Waals surface area contributed by atoms with Crippen LogP contribution in [-0.4, -0.2) is 33.5 Å². The van der Waals surface area contributed by atoms with Crippen LogP contribution in [0.2, 0.25) is 0 Å². The molecule has 0 unspecified atom stereocenters. The lowest BCUT2D eigenvalue weighted by molar-refractivity contribution is 0.0541. The summed E-state index contributed by atoms with van der Waals surface area (Å²) in [5.41, 5.74) is 1.75. The van der Waals surface area contributed by atoms with Crippen LogP contribution in [0.5, 0.6) is 5.75 Å². The van der Waals surface area contributed by atoms with Crippen molar-refractivity contribution in [3.05, 3.63) is 64.3 Å². The second kappa shape index (κ2) is 9.04. The highest BCUT2D eigenvalue weighted by atomic mass is 16.5. The molecule has 0 aliphatic heterocycles. The molecular weight excluding hydrogens is 344 g/mol. The molecule has 0 atom stereocenters. The zero-order valence-electron chi connectivity index (χ0n) is 15.1. The monoisotopic (exact) mass is 364 g/mol. The fraction of sp³-hybridized carbons (Fsp3) is 0.227. The van der Waals surface area contributed by atoms with Crippen molar-refractivity contribution >= 4 is 11.0 Å². The van der Waals surface area contributed by atoms with E-state index in [1.165, 1.54) is 0 Å². The van der Waals surface area contributed by atoms with E-state index >= 15 is 0 Å². The molecule has 27 heavy (non-hydrogen) atoms. The molecule has 0 radical (unpaired) electrons. The third-order valence-corrected chi connectivity index (χ3v) is 3.98. The van der Waals surface area contributed by atoms with E-state index < -0.39 is 0 Å². The molecule has 0 fully saturated rings. The highest BCUT2D eigenvalue weighted by molar-refractivity contribution is 5.82. The Morgan fingerprint density at radius 1 is 1.00 bits per heavy atom. The van der Waals surface area contributed by atoms with Crippen LogP contribution in [0.15, 0.2) is 57.7 Å². The molecule has 0 aliphatic carbocycles. The predicted molar refractivity (Wildman–Crippen MR) is 104 cm³/mol. The van der Waals surface area contributed by atoms with Crippen LogP contribution < -0.4 is 10.2 Å². The first-order chi connectivity index (χ1) is 13.2. The Labute approximate surface area is 157 Å². The van der Waals surface area contributed by atoms with Gasteiger partial charge in [-0.2, -0.15) is 0 Å². The second-order valence-electron chi connectivity index (χ2n) is 5.76. The van der Waals surface area contributed by atoms with Crippen molar-refractivity contribution < 1.29 is 18.6 Å². The van der Waals surface area contributed by atoms with Gasteiger partial charge in [0.15, 0.2) is 5.76 Å².